The highest BCUT2D eigenvalue weighted by Crippen LogP contribution is 2.27. The lowest BCUT2D eigenvalue weighted by Gasteiger charge is -2.12. The summed E-state index contributed by atoms with van der Waals surface area (Å²) in [5, 5.41) is 6.59. The molecule has 0 bridgehead atoms. The van der Waals surface area contributed by atoms with E-state index in [9.17, 15) is 4.39 Å². The molecule has 0 aromatic heterocycles. The van der Waals surface area contributed by atoms with E-state index in [0.717, 1.165) is 33.2 Å². The Bertz CT molecular complexity index is 1110. The molecule has 4 aromatic rings. The van der Waals surface area contributed by atoms with Crippen molar-refractivity contribution in [1.29, 1.82) is 0 Å². The van der Waals surface area contributed by atoms with Gasteiger partial charge in [0.15, 0.2) is 0 Å². The van der Waals surface area contributed by atoms with Crippen LogP contribution in [0.15, 0.2) is 96.1 Å². The van der Waals surface area contributed by atoms with Crippen LogP contribution in [-0.4, -0.2) is 6.21 Å². The van der Waals surface area contributed by atoms with Gasteiger partial charge in [0.25, 0.3) is 0 Å². The molecular formula is C25H21FN2O. The fraction of sp³-hybridized carbons (Fsp3) is 0.0800. The smallest absolute Gasteiger partial charge is 0.129 e. The first-order chi connectivity index (χ1) is 14.3. The van der Waals surface area contributed by atoms with Crippen LogP contribution in [0.2, 0.25) is 0 Å². The zero-order valence-corrected chi connectivity index (χ0v) is 15.9. The summed E-state index contributed by atoms with van der Waals surface area (Å²) in [5.41, 5.74) is 6.07. The topological polar surface area (TPSA) is 33.6 Å². The average molecular weight is 384 g/mol. The zero-order chi connectivity index (χ0) is 19.9. The number of fused-ring (bicyclic) bond motifs is 1. The van der Waals surface area contributed by atoms with Crippen LogP contribution in [0.1, 0.15) is 16.7 Å². The summed E-state index contributed by atoms with van der Waals surface area (Å²) in [7, 11) is 0. The third kappa shape index (κ3) is 4.79. The largest absolute Gasteiger partial charge is 0.488 e. The maximum atomic E-state index is 13.1. The number of ether oxygens (including phenoxy) is 1. The van der Waals surface area contributed by atoms with Gasteiger partial charge in [0.2, 0.25) is 0 Å². The predicted molar refractivity (Wildman–Crippen MR) is 116 cm³/mol. The van der Waals surface area contributed by atoms with Crippen molar-refractivity contribution in [1.82, 2.24) is 5.43 Å². The van der Waals surface area contributed by atoms with Gasteiger partial charge in [-0.2, -0.15) is 5.10 Å². The van der Waals surface area contributed by atoms with E-state index < -0.39 is 0 Å². The number of rotatable bonds is 7. The van der Waals surface area contributed by atoms with Crippen LogP contribution in [0.3, 0.4) is 0 Å². The normalized spacial score (nSPS) is 11.1. The molecule has 0 atom stereocenters. The Labute approximate surface area is 169 Å². The van der Waals surface area contributed by atoms with Crippen LogP contribution in [0.4, 0.5) is 4.39 Å². The summed E-state index contributed by atoms with van der Waals surface area (Å²) in [6.07, 6.45) is 1.80. The molecule has 0 radical (unpaired) electrons. The Hall–Kier alpha value is -3.66. The van der Waals surface area contributed by atoms with Gasteiger partial charge in [0, 0.05) is 5.56 Å². The lowest BCUT2D eigenvalue weighted by atomic mass is 10.0. The molecule has 144 valence electrons. The van der Waals surface area contributed by atoms with Crippen molar-refractivity contribution in [2.45, 2.75) is 13.2 Å². The molecule has 29 heavy (non-hydrogen) atoms. The van der Waals surface area contributed by atoms with E-state index in [0.29, 0.717) is 13.2 Å². The molecule has 0 fully saturated rings. The van der Waals surface area contributed by atoms with E-state index in [2.05, 4.69) is 34.8 Å². The van der Waals surface area contributed by atoms with Gasteiger partial charge in [-0.1, -0.05) is 72.8 Å². The van der Waals surface area contributed by atoms with E-state index >= 15 is 0 Å². The summed E-state index contributed by atoms with van der Waals surface area (Å²) >= 11 is 0. The van der Waals surface area contributed by atoms with Crippen molar-refractivity contribution in [3.05, 3.63) is 114 Å². The third-order valence-electron chi connectivity index (χ3n) is 4.65. The fourth-order valence-electron chi connectivity index (χ4n) is 3.12. The Morgan fingerprint density at radius 3 is 2.38 bits per heavy atom. The minimum atomic E-state index is -0.253. The van der Waals surface area contributed by atoms with Gasteiger partial charge in [0.1, 0.15) is 18.2 Å². The van der Waals surface area contributed by atoms with Gasteiger partial charge in [-0.25, -0.2) is 4.39 Å². The maximum Gasteiger partial charge on any atom is 0.129 e. The molecule has 0 saturated carbocycles. The second-order valence-electron chi connectivity index (χ2n) is 6.69. The van der Waals surface area contributed by atoms with Gasteiger partial charge >= 0.3 is 0 Å². The Balaban J connectivity index is 1.55. The quantitative estimate of drug-likeness (QED) is 0.328. The minimum absolute atomic E-state index is 0.253. The molecule has 0 saturated heterocycles. The standard InChI is InChI=1S/C25H21FN2O/c26-22-13-10-20(11-14-22)18-29-25-15-12-21-8-4-5-9-23(21)24(25)17-28-27-16-19-6-2-1-3-7-19/h1-15,17,27H,16,18H2. The van der Waals surface area contributed by atoms with Crippen molar-refractivity contribution in [3.63, 3.8) is 0 Å². The van der Waals surface area contributed by atoms with Gasteiger partial charge in [0.05, 0.1) is 12.8 Å². The van der Waals surface area contributed by atoms with E-state index in [1.165, 1.54) is 12.1 Å². The molecule has 4 rings (SSSR count). The molecule has 0 amide bonds. The van der Waals surface area contributed by atoms with Crippen molar-refractivity contribution in [3.8, 4) is 5.75 Å². The van der Waals surface area contributed by atoms with Crippen LogP contribution in [0.25, 0.3) is 10.8 Å². The summed E-state index contributed by atoms with van der Waals surface area (Å²) in [5.74, 6) is 0.482. The van der Waals surface area contributed by atoms with Gasteiger partial charge < -0.3 is 10.2 Å². The van der Waals surface area contributed by atoms with E-state index in [-0.39, 0.29) is 5.82 Å². The van der Waals surface area contributed by atoms with Crippen LogP contribution in [0, 0.1) is 5.82 Å². The molecule has 3 nitrogen and oxygen atoms in total. The lowest BCUT2D eigenvalue weighted by molar-refractivity contribution is 0.306. The highest BCUT2D eigenvalue weighted by molar-refractivity contribution is 6.02. The molecule has 0 spiro atoms. The molecule has 1 N–H and O–H groups in total. The molecule has 0 aliphatic carbocycles. The highest BCUT2D eigenvalue weighted by atomic mass is 19.1. The predicted octanol–water partition coefficient (Wildman–Crippen LogP) is 5.68. The molecular weight excluding hydrogens is 363 g/mol. The average Bonchev–Trinajstić information content (AvgIpc) is 2.77. The second-order valence-corrected chi connectivity index (χ2v) is 6.69. The first kappa shape index (κ1) is 18.7. The molecule has 4 aromatic carbocycles. The van der Waals surface area contributed by atoms with Crippen LogP contribution in [0.5, 0.6) is 5.75 Å². The number of nitrogens with zero attached hydrogens (tertiary/aromatic N) is 1. The summed E-state index contributed by atoms with van der Waals surface area (Å²) in [6, 6.07) is 28.6. The molecule has 0 heterocycles. The van der Waals surface area contributed by atoms with E-state index in [1.807, 2.05) is 42.5 Å². The van der Waals surface area contributed by atoms with Crippen molar-refractivity contribution in [2.75, 3.05) is 0 Å². The monoisotopic (exact) mass is 384 g/mol. The molecule has 0 aliphatic rings. The van der Waals surface area contributed by atoms with Crippen molar-refractivity contribution < 1.29 is 9.13 Å². The van der Waals surface area contributed by atoms with Crippen LogP contribution in [-0.2, 0) is 13.2 Å². The summed E-state index contributed by atoms with van der Waals surface area (Å²) < 4.78 is 19.2. The van der Waals surface area contributed by atoms with E-state index in [4.69, 9.17) is 4.74 Å². The third-order valence-corrected chi connectivity index (χ3v) is 4.65. The Morgan fingerprint density at radius 1 is 0.793 bits per heavy atom. The Kier molecular flexibility index (Phi) is 5.81. The summed E-state index contributed by atoms with van der Waals surface area (Å²) in [6.45, 7) is 1.00. The van der Waals surface area contributed by atoms with Crippen LogP contribution < -0.4 is 10.2 Å². The van der Waals surface area contributed by atoms with Gasteiger partial charge in [-0.15, -0.1) is 0 Å². The fourth-order valence-corrected chi connectivity index (χ4v) is 3.12. The van der Waals surface area contributed by atoms with E-state index in [1.54, 1.807) is 18.3 Å². The number of hydrazone groups is 1. The number of nitrogens with one attached hydrogen (secondary N) is 1. The van der Waals surface area contributed by atoms with Gasteiger partial charge in [-0.05, 0) is 40.1 Å². The SMILES string of the molecule is Fc1ccc(COc2ccc3ccccc3c2C=NNCc2ccccc2)cc1. The van der Waals surface area contributed by atoms with Crippen molar-refractivity contribution in [2.24, 2.45) is 5.10 Å². The molecule has 0 unspecified atom stereocenters. The van der Waals surface area contributed by atoms with Crippen LogP contribution >= 0.6 is 0 Å². The first-order valence-corrected chi connectivity index (χ1v) is 9.48. The minimum Gasteiger partial charge on any atom is -0.488 e. The number of benzene rings is 4. The second kappa shape index (κ2) is 9.02. The molecule has 4 heteroatoms. The van der Waals surface area contributed by atoms with Crippen molar-refractivity contribution >= 4 is 17.0 Å². The highest BCUT2D eigenvalue weighted by Gasteiger charge is 2.08. The number of hydrogen-bond acceptors (Lipinski definition) is 3. The maximum absolute atomic E-state index is 13.1. The Morgan fingerprint density at radius 2 is 1.55 bits per heavy atom. The molecule has 0 aliphatic heterocycles. The number of halogens is 1. The van der Waals surface area contributed by atoms with Gasteiger partial charge in [-0.3, -0.25) is 0 Å². The number of hydrogen-bond donors (Lipinski definition) is 1. The summed E-state index contributed by atoms with van der Waals surface area (Å²) in [4.78, 5) is 0. The zero-order valence-electron chi connectivity index (χ0n) is 15.9. The lowest BCUT2D eigenvalue weighted by Crippen LogP contribution is -2.06. The first-order valence-electron chi connectivity index (χ1n) is 9.48.